The summed E-state index contributed by atoms with van der Waals surface area (Å²) < 4.78 is 47.7. The van der Waals surface area contributed by atoms with Crippen molar-refractivity contribution >= 4 is 37.8 Å². The maximum Gasteiger partial charge on any atom is 0.308 e. The molecular weight excluding hydrogens is 596 g/mol. The van der Waals surface area contributed by atoms with E-state index in [0.717, 1.165) is 0 Å². The molecule has 0 atom stereocenters. The molecule has 0 saturated carbocycles. The van der Waals surface area contributed by atoms with Crippen molar-refractivity contribution in [2.45, 2.75) is 124 Å². The Bertz CT molecular complexity index is 815. The number of primary sulfonamides is 1. The Balaban J connectivity index is -0.0000000321. The summed E-state index contributed by atoms with van der Waals surface area (Å²) in [7, 11) is 1.78. The monoisotopic (exact) mass is 675 g/mol. The van der Waals surface area contributed by atoms with Gasteiger partial charge in [-0.2, -0.15) is 0 Å². The molecular formula is C29H78N4O8S2. The minimum Gasteiger partial charge on any atom is -0.469 e. The highest BCUT2D eigenvalue weighted by Crippen LogP contribution is 2.01. The molecule has 12 nitrogen and oxygen atoms in total. The molecule has 4 N–H and O–H groups in total. The van der Waals surface area contributed by atoms with Crippen molar-refractivity contribution in [1.29, 1.82) is 0 Å². The summed E-state index contributed by atoms with van der Waals surface area (Å²) in [6.07, 6.45) is 0. The molecule has 0 unspecified atom stereocenters. The number of sulfonamides is 2. The van der Waals surface area contributed by atoms with Crippen molar-refractivity contribution in [3.05, 3.63) is 0 Å². The third kappa shape index (κ3) is 50.2. The molecule has 274 valence electrons. The summed E-state index contributed by atoms with van der Waals surface area (Å²) in [6.45, 7) is 17.3. The van der Waals surface area contributed by atoms with E-state index in [1.165, 1.54) is 39.4 Å². The molecule has 0 aromatic rings. The van der Waals surface area contributed by atoms with Crippen LogP contribution in [0.5, 0.6) is 0 Å². The minimum absolute atomic E-state index is 0. The molecule has 0 aliphatic carbocycles. The van der Waals surface area contributed by atoms with Gasteiger partial charge in [0.15, 0.2) is 0 Å². The number of primary amides is 1. The van der Waals surface area contributed by atoms with Crippen LogP contribution in [0.15, 0.2) is 0 Å². The number of hydrogen-bond acceptors (Lipinski definition) is 8. The number of nitrogens with zero attached hydrogens (tertiary/aromatic N) is 2. The molecule has 0 bridgehead atoms. The Morgan fingerprint density at radius 1 is 0.605 bits per heavy atom. The highest BCUT2D eigenvalue weighted by atomic mass is 32.2. The number of rotatable bonds is 6. The average Bonchev–Trinajstić information content (AvgIpc) is 2.72. The van der Waals surface area contributed by atoms with Crippen molar-refractivity contribution in [3.63, 3.8) is 0 Å². The number of hydrogen-bond donors (Lipinski definition) is 2. The fourth-order valence-corrected chi connectivity index (χ4v) is 2.02. The molecule has 0 heterocycles. The van der Waals surface area contributed by atoms with Gasteiger partial charge in [0.25, 0.3) is 0 Å². The summed E-state index contributed by atoms with van der Waals surface area (Å²) in [6, 6.07) is 0. The van der Waals surface area contributed by atoms with Gasteiger partial charge in [-0.1, -0.05) is 86.1 Å². The van der Waals surface area contributed by atoms with Crippen LogP contribution in [-0.4, -0.2) is 89.6 Å². The fraction of sp³-hybridized carbons (Fsp3) is 0.897. The van der Waals surface area contributed by atoms with Gasteiger partial charge < -0.3 is 15.4 Å². The fourth-order valence-electron chi connectivity index (χ4n) is 1.17. The van der Waals surface area contributed by atoms with Crippen molar-refractivity contribution < 1.29 is 36.0 Å². The third-order valence-electron chi connectivity index (χ3n) is 3.94. The van der Waals surface area contributed by atoms with E-state index < -0.39 is 25.3 Å². The van der Waals surface area contributed by atoms with Gasteiger partial charge in [0.05, 0.1) is 23.5 Å². The summed E-state index contributed by atoms with van der Waals surface area (Å²) in [5.74, 6) is -0.0833. The van der Waals surface area contributed by atoms with Crippen LogP contribution in [0.4, 0.5) is 0 Å². The zero-order chi connectivity index (χ0) is 31.5. The molecule has 0 fully saturated rings. The highest BCUT2D eigenvalue weighted by molar-refractivity contribution is 7.89. The molecule has 43 heavy (non-hydrogen) atoms. The molecule has 0 aliphatic heterocycles. The van der Waals surface area contributed by atoms with Gasteiger partial charge >= 0.3 is 5.97 Å². The van der Waals surface area contributed by atoms with E-state index >= 15 is 0 Å². The number of methoxy groups -OCH3 is 1. The number of nitrogens with two attached hydrogens (primary N) is 2. The number of amides is 2. The van der Waals surface area contributed by atoms with Crippen LogP contribution in [0.3, 0.4) is 0 Å². The summed E-state index contributed by atoms with van der Waals surface area (Å²) >= 11 is 0. The van der Waals surface area contributed by atoms with Crippen LogP contribution in [0.2, 0.25) is 0 Å². The van der Waals surface area contributed by atoms with E-state index in [0.29, 0.717) is 0 Å². The molecule has 2 amide bonds. The molecule has 14 heteroatoms. The van der Waals surface area contributed by atoms with Gasteiger partial charge in [-0.15, -0.1) is 0 Å². The summed E-state index contributed by atoms with van der Waals surface area (Å²) in [5, 5.41) is 3.89. The maximum absolute atomic E-state index is 11.0. The Morgan fingerprint density at radius 3 is 0.860 bits per heavy atom. The first-order chi connectivity index (χ1) is 16.2. The molecule has 0 aromatic carbocycles. The van der Waals surface area contributed by atoms with Crippen molar-refractivity contribution in [1.82, 2.24) is 9.21 Å². The summed E-state index contributed by atoms with van der Waals surface area (Å²) in [4.78, 5) is 32.6. The molecule has 0 saturated heterocycles. The van der Waals surface area contributed by atoms with Crippen LogP contribution in [0, 0.1) is 17.8 Å². The number of ether oxygens (including phenoxy) is 1. The molecule has 0 aromatic heterocycles. The number of esters is 1. The first kappa shape index (κ1) is 73.0. The third-order valence-corrected chi connectivity index (χ3v) is 7.46. The van der Waals surface area contributed by atoms with Crippen LogP contribution in [0.25, 0.3) is 0 Å². The normalized spacial score (nSPS) is 9.35. The second kappa shape index (κ2) is 36.4. The Morgan fingerprint density at radius 2 is 0.860 bits per heavy atom. The topological polar surface area (TPSA) is 187 Å². The maximum atomic E-state index is 11.0. The second-order valence-corrected chi connectivity index (χ2v) is 14.5. The standard InChI is InChI=1S/C6H13NO.C5H13NO2S.C5H10O2.C4H9NO.C3H9NO2S.6CH4/c1-5(2)6(8)7(3)4;1-5(2)9(7,8)6(3)4;1-4(2)5(6)7-3;1-3(2)4(5)6;1-3(2)7(4,5)6;;;;;;/h5H,1-4H3;5H,1-4H3;4H,1-3H3;3H,1-2H3,(H2,5,6);3H,1-2H3,(H2,4,5,6);6*1H4. The van der Waals surface area contributed by atoms with E-state index in [2.05, 4.69) is 9.88 Å². The molecule has 0 aliphatic rings. The largest absolute Gasteiger partial charge is 0.469 e. The van der Waals surface area contributed by atoms with Gasteiger partial charge in [-0.3, -0.25) is 14.4 Å². The van der Waals surface area contributed by atoms with Crippen LogP contribution in [-0.2, 0) is 39.2 Å². The van der Waals surface area contributed by atoms with Crippen molar-refractivity contribution in [2.24, 2.45) is 28.6 Å². The first-order valence-corrected chi connectivity index (χ1v) is 14.8. The zero-order valence-corrected chi connectivity index (χ0v) is 27.2. The van der Waals surface area contributed by atoms with E-state index in [1.54, 1.807) is 60.5 Å². The van der Waals surface area contributed by atoms with E-state index in [1.807, 2.05) is 13.8 Å². The van der Waals surface area contributed by atoms with Crippen molar-refractivity contribution in [2.75, 3.05) is 35.3 Å². The van der Waals surface area contributed by atoms with Crippen LogP contribution in [0.1, 0.15) is 114 Å². The first-order valence-electron chi connectivity index (χ1n) is 11.7. The highest BCUT2D eigenvalue weighted by Gasteiger charge is 2.17. The quantitative estimate of drug-likeness (QED) is 0.348. The molecule has 0 spiro atoms. The van der Waals surface area contributed by atoms with Gasteiger partial charge in [-0.05, 0) is 27.7 Å². The molecule has 0 rings (SSSR count). The van der Waals surface area contributed by atoms with Crippen molar-refractivity contribution in [3.8, 4) is 0 Å². The van der Waals surface area contributed by atoms with Gasteiger partial charge in [-0.25, -0.2) is 26.3 Å². The average molecular weight is 675 g/mol. The summed E-state index contributed by atoms with van der Waals surface area (Å²) in [5.41, 5.74) is 4.80. The van der Waals surface area contributed by atoms with E-state index in [9.17, 15) is 31.2 Å². The Hall–Kier alpha value is -1.77. The van der Waals surface area contributed by atoms with Gasteiger partial charge in [0.2, 0.25) is 31.9 Å². The number of carbonyl (C=O) groups excluding carboxylic acids is 3. The predicted molar refractivity (Wildman–Crippen MR) is 191 cm³/mol. The lowest BCUT2D eigenvalue weighted by Gasteiger charge is -2.13. The van der Waals surface area contributed by atoms with E-state index in [-0.39, 0.29) is 85.3 Å². The minimum atomic E-state index is -3.24. The van der Waals surface area contributed by atoms with Crippen LogP contribution < -0.4 is 10.9 Å². The van der Waals surface area contributed by atoms with Gasteiger partial charge in [0.1, 0.15) is 0 Å². The lowest BCUT2D eigenvalue weighted by molar-refractivity contribution is -0.144. The lowest BCUT2D eigenvalue weighted by Crippen LogP contribution is -2.29. The van der Waals surface area contributed by atoms with Gasteiger partial charge in [0, 0.05) is 40.0 Å². The second-order valence-electron chi connectivity index (χ2n) is 9.64. The smallest absolute Gasteiger partial charge is 0.308 e. The Kier molecular flexibility index (Phi) is 61.8. The molecule has 0 radical (unpaired) electrons. The SMILES string of the molecule is C.C.C.C.C.C.CC(C)C(=O)N(C)C.CC(C)C(N)=O.CC(C)S(=O)(=O)N(C)C.CC(C)S(N)(=O)=O.COC(=O)C(C)C. The predicted octanol–water partition coefficient (Wildman–Crippen LogP) is 5.46. The Labute approximate surface area is 270 Å². The lowest BCUT2D eigenvalue weighted by atomic mass is 10.2. The van der Waals surface area contributed by atoms with Crippen LogP contribution >= 0.6 is 0 Å². The van der Waals surface area contributed by atoms with E-state index in [4.69, 9.17) is 5.73 Å². The zero-order valence-electron chi connectivity index (χ0n) is 25.5. The number of carbonyl (C=O) groups is 3.